The molecule has 10 heteroatoms. The van der Waals surface area contributed by atoms with Crippen LogP contribution in [-0.4, -0.2) is 43.4 Å². The lowest BCUT2D eigenvalue weighted by Crippen LogP contribution is -2.25. The van der Waals surface area contributed by atoms with Gasteiger partial charge in [-0.2, -0.15) is 10.1 Å². The van der Waals surface area contributed by atoms with Gasteiger partial charge < -0.3 is 20.5 Å². The lowest BCUT2D eigenvalue weighted by Gasteiger charge is -2.23. The minimum absolute atomic E-state index is 0.0141. The highest BCUT2D eigenvalue weighted by Gasteiger charge is 2.32. The van der Waals surface area contributed by atoms with Gasteiger partial charge in [-0.15, -0.1) is 0 Å². The molecule has 33 heavy (non-hydrogen) atoms. The molecule has 0 aromatic carbocycles. The van der Waals surface area contributed by atoms with Crippen molar-refractivity contribution in [2.24, 2.45) is 5.73 Å². The van der Waals surface area contributed by atoms with E-state index in [1.807, 2.05) is 43.3 Å². The number of nitrogens with two attached hydrogens (primary N) is 1. The molecule has 5 heterocycles. The molecular formula is C23H27N9O. The van der Waals surface area contributed by atoms with Gasteiger partial charge in [-0.1, -0.05) is 11.2 Å². The van der Waals surface area contributed by atoms with Gasteiger partial charge >= 0.3 is 0 Å². The van der Waals surface area contributed by atoms with Gasteiger partial charge in [0.15, 0.2) is 11.6 Å². The summed E-state index contributed by atoms with van der Waals surface area (Å²) in [6.07, 6.45) is 5.35. The summed E-state index contributed by atoms with van der Waals surface area (Å²) in [6, 6.07) is 11.6. The predicted octanol–water partition coefficient (Wildman–Crippen LogP) is 3.53. The Kier molecular flexibility index (Phi) is 5.99. The zero-order valence-corrected chi connectivity index (χ0v) is 18.5. The molecule has 4 aromatic rings. The Bertz CT molecular complexity index is 1200. The third-order valence-corrected chi connectivity index (χ3v) is 5.66. The van der Waals surface area contributed by atoms with E-state index in [1.54, 1.807) is 6.20 Å². The summed E-state index contributed by atoms with van der Waals surface area (Å²) in [5.41, 5.74) is 9.18. The number of aromatic nitrogens is 6. The van der Waals surface area contributed by atoms with Gasteiger partial charge in [0.05, 0.1) is 11.7 Å². The van der Waals surface area contributed by atoms with Crippen molar-refractivity contribution in [1.82, 2.24) is 30.3 Å². The molecule has 1 saturated heterocycles. The zero-order valence-electron chi connectivity index (χ0n) is 18.5. The number of pyridine rings is 1. The normalized spacial score (nSPS) is 15.8. The smallest absolute Gasteiger partial charge is 0.228 e. The number of hydrogen-bond donors (Lipinski definition) is 3. The Morgan fingerprint density at radius 1 is 1.18 bits per heavy atom. The summed E-state index contributed by atoms with van der Waals surface area (Å²) in [6.45, 7) is 3.41. The van der Waals surface area contributed by atoms with Crippen molar-refractivity contribution in [1.29, 1.82) is 0 Å². The summed E-state index contributed by atoms with van der Waals surface area (Å²) in [5, 5.41) is 14.7. The SMILES string of the molecule is Cc1cc(Nc2cc(CCCN)nc(N3CCCC3c3cc(-c4ccccn4)no3)n2)n[nH]1. The minimum atomic E-state index is 0.0141. The Balaban J connectivity index is 1.44. The topological polar surface area (TPSA) is 135 Å². The average molecular weight is 446 g/mol. The van der Waals surface area contributed by atoms with E-state index in [1.165, 1.54) is 0 Å². The van der Waals surface area contributed by atoms with Crippen molar-refractivity contribution >= 4 is 17.6 Å². The molecule has 170 valence electrons. The third-order valence-electron chi connectivity index (χ3n) is 5.66. The molecule has 0 radical (unpaired) electrons. The first-order valence-electron chi connectivity index (χ1n) is 11.2. The predicted molar refractivity (Wildman–Crippen MR) is 125 cm³/mol. The first kappa shape index (κ1) is 21.1. The molecule has 4 N–H and O–H groups in total. The molecule has 0 saturated carbocycles. The largest absolute Gasteiger partial charge is 0.358 e. The van der Waals surface area contributed by atoms with E-state index in [2.05, 4.69) is 30.6 Å². The molecule has 1 atom stereocenters. The van der Waals surface area contributed by atoms with Gasteiger partial charge in [-0.25, -0.2) is 4.98 Å². The van der Waals surface area contributed by atoms with Crippen LogP contribution in [-0.2, 0) is 6.42 Å². The van der Waals surface area contributed by atoms with Crippen LogP contribution in [0, 0.1) is 6.92 Å². The highest BCUT2D eigenvalue weighted by atomic mass is 16.5. The molecule has 0 aliphatic carbocycles. The van der Waals surface area contributed by atoms with E-state index in [4.69, 9.17) is 20.2 Å². The Morgan fingerprint density at radius 3 is 2.91 bits per heavy atom. The molecular weight excluding hydrogens is 418 g/mol. The molecule has 1 aliphatic rings. The van der Waals surface area contributed by atoms with Crippen LogP contribution in [0.25, 0.3) is 11.4 Å². The fraction of sp³-hybridized carbons (Fsp3) is 0.348. The molecule has 5 rings (SSSR count). The van der Waals surface area contributed by atoms with Gasteiger partial charge in [0.1, 0.15) is 11.5 Å². The number of anilines is 3. The molecule has 1 fully saturated rings. The Labute approximate surface area is 191 Å². The second-order valence-corrected chi connectivity index (χ2v) is 8.18. The molecule has 10 nitrogen and oxygen atoms in total. The second kappa shape index (κ2) is 9.37. The van der Waals surface area contributed by atoms with Crippen molar-refractivity contribution in [3.8, 4) is 11.4 Å². The van der Waals surface area contributed by atoms with Crippen molar-refractivity contribution in [3.63, 3.8) is 0 Å². The highest BCUT2D eigenvalue weighted by molar-refractivity contribution is 5.56. The molecule has 0 bridgehead atoms. The molecule has 0 amide bonds. The van der Waals surface area contributed by atoms with Crippen LogP contribution >= 0.6 is 0 Å². The van der Waals surface area contributed by atoms with Gasteiger partial charge in [-0.05, 0) is 51.3 Å². The van der Waals surface area contributed by atoms with Crippen LogP contribution in [0.1, 0.15) is 42.5 Å². The standard InChI is InChI=1S/C23H27N9O/c1-15-12-22(30-29-15)27-21-13-16(6-4-9-24)26-23(28-21)32-11-5-8-19(32)20-14-18(31-33-20)17-7-2-3-10-25-17/h2-3,7,10,12-14,19H,4-6,8-9,11,24H2,1H3,(H2,26,27,28,29,30). The number of nitrogens with one attached hydrogen (secondary N) is 2. The van der Waals surface area contributed by atoms with Crippen molar-refractivity contribution < 1.29 is 4.52 Å². The fourth-order valence-corrected chi connectivity index (χ4v) is 4.08. The molecule has 1 unspecified atom stereocenters. The van der Waals surface area contributed by atoms with Crippen molar-refractivity contribution in [3.05, 3.63) is 59.7 Å². The summed E-state index contributed by atoms with van der Waals surface area (Å²) in [4.78, 5) is 16.2. The highest BCUT2D eigenvalue weighted by Crippen LogP contribution is 2.36. The van der Waals surface area contributed by atoms with E-state index in [0.717, 1.165) is 66.6 Å². The zero-order chi connectivity index (χ0) is 22.6. The monoisotopic (exact) mass is 445 g/mol. The van der Waals surface area contributed by atoms with Crippen LogP contribution in [0.4, 0.5) is 17.6 Å². The van der Waals surface area contributed by atoms with E-state index < -0.39 is 0 Å². The third kappa shape index (κ3) is 4.70. The van der Waals surface area contributed by atoms with E-state index in [-0.39, 0.29) is 6.04 Å². The van der Waals surface area contributed by atoms with Crippen LogP contribution in [0.2, 0.25) is 0 Å². The van der Waals surface area contributed by atoms with Gasteiger partial charge in [-0.3, -0.25) is 10.1 Å². The number of hydrogen-bond acceptors (Lipinski definition) is 9. The number of H-pyrrole nitrogens is 1. The van der Waals surface area contributed by atoms with Crippen molar-refractivity contribution in [2.75, 3.05) is 23.3 Å². The van der Waals surface area contributed by atoms with E-state index >= 15 is 0 Å². The van der Waals surface area contributed by atoms with Crippen molar-refractivity contribution in [2.45, 2.75) is 38.6 Å². The number of aryl methyl sites for hydroxylation is 2. The van der Waals surface area contributed by atoms with Crippen LogP contribution in [0.5, 0.6) is 0 Å². The Morgan fingerprint density at radius 2 is 2.12 bits per heavy atom. The molecule has 4 aromatic heterocycles. The number of rotatable bonds is 8. The van der Waals surface area contributed by atoms with Crippen LogP contribution in [0.3, 0.4) is 0 Å². The lowest BCUT2D eigenvalue weighted by atomic mass is 10.1. The lowest BCUT2D eigenvalue weighted by molar-refractivity contribution is 0.362. The number of aromatic amines is 1. The van der Waals surface area contributed by atoms with E-state index in [0.29, 0.717) is 18.3 Å². The van der Waals surface area contributed by atoms with Gasteiger partial charge in [0.25, 0.3) is 0 Å². The van der Waals surface area contributed by atoms with Crippen LogP contribution < -0.4 is 16.0 Å². The van der Waals surface area contributed by atoms with Gasteiger partial charge in [0, 0.05) is 42.3 Å². The minimum Gasteiger partial charge on any atom is -0.358 e. The maximum Gasteiger partial charge on any atom is 0.228 e. The van der Waals surface area contributed by atoms with Gasteiger partial charge in [0.2, 0.25) is 5.95 Å². The maximum atomic E-state index is 5.75. The van der Waals surface area contributed by atoms with Crippen LogP contribution in [0.15, 0.2) is 47.1 Å². The Hall–Kier alpha value is -3.79. The molecule has 0 spiro atoms. The summed E-state index contributed by atoms with van der Waals surface area (Å²) >= 11 is 0. The summed E-state index contributed by atoms with van der Waals surface area (Å²) in [7, 11) is 0. The fourth-order valence-electron chi connectivity index (χ4n) is 4.08. The number of nitrogens with zero attached hydrogens (tertiary/aromatic N) is 6. The molecule has 1 aliphatic heterocycles. The quantitative estimate of drug-likeness (QED) is 0.372. The average Bonchev–Trinajstić information content (AvgIpc) is 3.59. The summed E-state index contributed by atoms with van der Waals surface area (Å²) < 4.78 is 5.75. The summed E-state index contributed by atoms with van der Waals surface area (Å²) in [5.74, 6) is 2.88. The maximum absolute atomic E-state index is 5.75. The van der Waals surface area contributed by atoms with E-state index in [9.17, 15) is 0 Å². The first-order valence-corrected chi connectivity index (χ1v) is 11.2. The second-order valence-electron chi connectivity index (χ2n) is 8.18. The first-order chi connectivity index (χ1) is 16.2.